The molecule has 0 aliphatic heterocycles. The van der Waals surface area contributed by atoms with Crippen LogP contribution in [0.4, 0.5) is 0 Å². The number of guanidine groups is 1. The number of nitrogens with one attached hydrogen (secondary N) is 1. The van der Waals surface area contributed by atoms with E-state index in [9.17, 15) is 0 Å². The minimum Gasteiger partial charge on any atom is -0.349 e. The molecule has 0 fully saturated rings. The molecule has 1 aromatic carbocycles. The Morgan fingerprint density at radius 2 is 2.04 bits per heavy atom. The van der Waals surface area contributed by atoms with E-state index in [0.29, 0.717) is 12.5 Å². The second kappa shape index (κ2) is 8.87. The fourth-order valence-corrected chi connectivity index (χ4v) is 2.81. The van der Waals surface area contributed by atoms with Crippen LogP contribution >= 0.6 is 15.9 Å². The molecule has 1 heterocycles. The number of benzene rings is 1. The van der Waals surface area contributed by atoms with Gasteiger partial charge in [0.2, 0.25) is 0 Å². The van der Waals surface area contributed by atoms with Gasteiger partial charge in [-0.2, -0.15) is 0 Å². The second-order valence-corrected chi connectivity index (χ2v) is 7.19. The maximum absolute atomic E-state index is 4.45. The van der Waals surface area contributed by atoms with Crippen molar-refractivity contribution in [2.45, 2.75) is 33.5 Å². The highest BCUT2D eigenvalue weighted by Gasteiger charge is 2.09. The lowest BCUT2D eigenvalue weighted by Gasteiger charge is -2.22. The number of imidazole rings is 1. The van der Waals surface area contributed by atoms with Crippen molar-refractivity contribution in [1.82, 2.24) is 19.8 Å². The highest BCUT2D eigenvalue weighted by atomic mass is 79.9. The van der Waals surface area contributed by atoms with Crippen LogP contribution in [-0.2, 0) is 19.6 Å². The molecule has 130 valence electrons. The summed E-state index contributed by atoms with van der Waals surface area (Å²) in [6.45, 7) is 6.86. The standard InChI is InChI=1S/C18H26BrN5/c1-14(2)12-24-10-9-21-17(24)11-22-18(20-3)23(4)13-15-5-7-16(19)8-6-15/h5-10,14H,11-13H2,1-4H3,(H,20,22). The summed E-state index contributed by atoms with van der Waals surface area (Å²) >= 11 is 3.47. The van der Waals surface area contributed by atoms with Crippen molar-refractivity contribution in [3.63, 3.8) is 0 Å². The Morgan fingerprint density at radius 1 is 1.33 bits per heavy atom. The average Bonchev–Trinajstić information content (AvgIpc) is 2.96. The molecule has 0 amide bonds. The zero-order chi connectivity index (χ0) is 17.5. The lowest BCUT2D eigenvalue weighted by atomic mass is 10.2. The summed E-state index contributed by atoms with van der Waals surface area (Å²) in [6, 6.07) is 8.34. The summed E-state index contributed by atoms with van der Waals surface area (Å²) < 4.78 is 3.29. The lowest BCUT2D eigenvalue weighted by molar-refractivity contribution is 0.468. The second-order valence-electron chi connectivity index (χ2n) is 6.27. The van der Waals surface area contributed by atoms with E-state index >= 15 is 0 Å². The maximum atomic E-state index is 4.45. The van der Waals surface area contributed by atoms with Crippen LogP contribution in [0.1, 0.15) is 25.2 Å². The number of nitrogens with zero attached hydrogens (tertiary/aromatic N) is 4. The zero-order valence-electron chi connectivity index (χ0n) is 14.8. The molecule has 24 heavy (non-hydrogen) atoms. The molecule has 5 nitrogen and oxygen atoms in total. The topological polar surface area (TPSA) is 45.5 Å². The van der Waals surface area contributed by atoms with Gasteiger partial charge >= 0.3 is 0 Å². The van der Waals surface area contributed by atoms with Crippen molar-refractivity contribution in [2.75, 3.05) is 14.1 Å². The number of aliphatic imine (C=N–C) groups is 1. The monoisotopic (exact) mass is 391 g/mol. The van der Waals surface area contributed by atoms with Gasteiger partial charge in [0.25, 0.3) is 0 Å². The number of hydrogen-bond donors (Lipinski definition) is 1. The number of halogens is 1. The van der Waals surface area contributed by atoms with Gasteiger partial charge in [-0.15, -0.1) is 0 Å². The Bertz CT molecular complexity index is 660. The fraction of sp³-hybridized carbons (Fsp3) is 0.444. The Morgan fingerprint density at radius 3 is 2.67 bits per heavy atom. The smallest absolute Gasteiger partial charge is 0.194 e. The van der Waals surface area contributed by atoms with Crippen molar-refractivity contribution in [3.8, 4) is 0 Å². The molecule has 0 saturated heterocycles. The van der Waals surface area contributed by atoms with Crippen LogP contribution in [0, 0.1) is 5.92 Å². The van der Waals surface area contributed by atoms with Gasteiger partial charge in [0.1, 0.15) is 5.82 Å². The molecule has 0 aliphatic carbocycles. The molecular weight excluding hydrogens is 366 g/mol. The van der Waals surface area contributed by atoms with E-state index in [1.165, 1.54) is 5.56 Å². The summed E-state index contributed by atoms with van der Waals surface area (Å²) in [5, 5.41) is 3.40. The largest absolute Gasteiger partial charge is 0.349 e. The lowest BCUT2D eigenvalue weighted by Crippen LogP contribution is -2.38. The number of hydrogen-bond acceptors (Lipinski definition) is 2. The predicted molar refractivity (Wildman–Crippen MR) is 103 cm³/mol. The summed E-state index contributed by atoms with van der Waals surface area (Å²) in [5.41, 5.74) is 1.24. The van der Waals surface area contributed by atoms with E-state index in [0.717, 1.165) is 29.3 Å². The quantitative estimate of drug-likeness (QED) is 0.605. The van der Waals surface area contributed by atoms with Crippen LogP contribution in [-0.4, -0.2) is 34.5 Å². The first-order valence-electron chi connectivity index (χ1n) is 8.15. The third-order valence-electron chi connectivity index (χ3n) is 3.67. The first kappa shape index (κ1) is 18.5. The third kappa shape index (κ3) is 5.37. The Hall–Kier alpha value is -1.82. The zero-order valence-corrected chi connectivity index (χ0v) is 16.4. The van der Waals surface area contributed by atoms with Crippen molar-refractivity contribution in [1.29, 1.82) is 0 Å². The molecule has 2 rings (SSSR count). The van der Waals surface area contributed by atoms with Gasteiger partial charge in [-0.1, -0.05) is 41.9 Å². The van der Waals surface area contributed by atoms with Gasteiger partial charge in [-0.05, 0) is 23.6 Å². The van der Waals surface area contributed by atoms with Crippen LogP contribution in [0.2, 0.25) is 0 Å². The van der Waals surface area contributed by atoms with Crippen LogP contribution in [0.3, 0.4) is 0 Å². The van der Waals surface area contributed by atoms with Gasteiger partial charge in [-0.3, -0.25) is 4.99 Å². The van der Waals surface area contributed by atoms with E-state index < -0.39 is 0 Å². The molecule has 0 aliphatic rings. The van der Waals surface area contributed by atoms with Gasteiger partial charge in [0.15, 0.2) is 5.96 Å². The van der Waals surface area contributed by atoms with E-state index in [4.69, 9.17) is 0 Å². The van der Waals surface area contributed by atoms with Crippen LogP contribution in [0.5, 0.6) is 0 Å². The third-order valence-corrected chi connectivity index (χ3v) is 4.20. The Balaban J connectivity index is 1.94. The predicted octanol–water partition coefficient (Wildman–Crippen LogP) is 3.51. The van der Waals surface area contributed by atoms with Crippen molar-refractivity contribution in [2.24, 2.45) is 10.9 Å². The van der Waals surface area contributed by atoms with Crippen molar-refractivity contribution < 1.29 is 0 Å². The molecule has 1 aromatic heterocycles. The van der Waals surface area contributed by atoms with Crippen molar-refractivity contribution in [3.05, 3.63) is 52.5 Å². The molecule has 0 atom stereocenters. The first-order valence-corrected chi connectivity index (χ1v) is 8.95. The van der Waals surface area contributed by atoms with E-state index in [1.54, 1.807) is 7.05 Å². The van der Waals surface area contributed by atoms with Crippen LogP contribution < -0.4 is 5.32 Å². The van der Waals surface area contributed by atoms with Gasteiger partial charge in [0, 0.05) is 44.1 Å². The molecular formula is C18H26BrN5. The van der Waals surface area contributed by atoms with Gasteiger partial charge in [0.05, 0.1) is 6.54 Å². The van der Waals surface area contributed by atoms with E-state index in [2.05, 4.69) is 78.8 Å². The summed E-state index contributed by atoms with van der Waals surface area (Å²) in [4.78, 5) is 10.9. The highest BCUT2D eigenvalue weighted by Crippen LogP contribution is 2.12. The minimum atomic E-state index is 0.595. The van der Waals surface area contributed by atoms with Crippen LogP contribution in [0.25, 0.3) is 0 Å². The summed E-state index contributed by atoms with van der Waals surface area (Å²) in [7, 11) is 3.85. The van der Waals surface area contributed by atoms with E-state index in [-0.39, 0.29) is 0 Å². The molecule has 0 unspecified atom stereocenters. The molecule has 0 saturated carbocycles. The van der Waals surface area contributed by atoms with Gasteiger partial charge in [-0.25, -0.2) is 4.98 Å². The normalized spacial score (nSPS) is 11.8. The summed E-state index contributed by atoms with van der Waals surface area (Å²) in [6.07, 6.45) is 3.89. The minimum absolute atomic E-state index is 0.595. The molecule has 1 N–H and O–H groups in total. The summed E-state index contributed by atoms with van der Waals surface area (Å²) in [5.74, 6) is 2.48. The molecule has 6 heteroatoms. The SMILES string of the molecule is CN=C(NCc1nccn1CC(C)C)N(C)Cc1ccc(Br)cc1. The maximum Gasteiger partial charge on any atom is 0.194 e. The average molecular weight is 392 g/mol. The first-order chi connectivity index (χ1) is 11.5. The molecule has 0 spiro atoms. The molecule has 2 aromatic rings. The van der Waals surface area contributed by atoms with Crippen molar-refractivity contribution >= 4 is 21.9 Å². The number of rotatable bonds is 6. The number of aromatic nitrogens is 2. The Kier molecular flexibility index (Phi) is 6.85. The van der Waals surface area contributed by atoms with E-state index in [1.807, 2.05) is 19.4 Å². The Labute approximate surface area is 152 Å². The van der Waals surface area contributed by atoms with Gasteiger partial charge < -0.3 is 14.8 Å². The highest BCUT2D eigenvalue weighted by molar-refractivity contribution is 9.10. The molecule has 0 bridgehead atoms. The van der Waals surface area contributed by atoms with Crippen LogP contribution in [0.15, 0.2) is 46.1 Å². The fourth-order valence-electron chi connectivity index (χ4n) is 2.55. The molecule has 0 radical (unpaired) electrons.